The normalized spacial score (nSPS) is 12.7. The second-order valence-electron chi connectivity index (χ2n) is 4.18. The first-order valence-corrected chi connectivity index (χ1v) is 5.85. The largest absolute Gasteiger partial charge is 0.506 e. The topological polar surface area (TPSA) is 105 Å². The predicted molar refractivity (Wildman–Crippen MR) is 66.4 cm³/mol. The molecule has 5 heteroatoms. The van der Waals surface area contributed by atoms with E-state index in [1.165, 1.54) is 0 Å². The number of aromatic nitrogens is 1. The van der Waals surface area contributed by atoms with Crippen LogP contribution in [0.25, 0.3) is 0 Å². The van der Waals surface area contributed by atoms with Crippen LogP contribution in [0.3, 0.4) is 0 Å². The van der Waals surface area contributed by atoms with Crippen LogP contribution in [0.15, 0.2) is 6.20 Å². The summed E-state index contributed by atoms with van der Waals surface area (Å²) < 4.78 is 0. The minimum Gasteiger partial charge on any atom is -0.506 e. The van der Waals surface area contributed by atoms with Crippen molar-refractivity contribution >= 4 is 0 Å². The zero-order valence-corrected chi connectivity index (χ0v) is 10.2. The van der Waals surface area contributed by atoms with Crippen LogP contribution < -0.4 is 11.5 Å². The van der Waals surface area contributed by atoms with Crippen molar-refractivity contribution in [3.63, 3.8) is 0 Å². The lowest BCUT2D eigenvalue weighted by atomic mass is 9.96. The number of aliphatic hydroxyl groups is 1. The fraction of sp³-hybridized carbons (Fsp3) is 0.583. The maximum Gasteiger partial charge on any atom is 0.141 e. The summed E-state index contributed by atoms with van der Waals surface area (Å²) in [7, 11) is 0. The van der Waals surface area contributed by atoms with Gasteiger partial charge in [-0.25, -0.2) is 0 Å². The van der Waals surface area contributed by atoms with E-state index in [1.54, 1.807) is 13.1 Å². The molecule has 0 aliphatic carbocycles. The highest BCUT2D eigenvalue weighted by atomic mass is 16.3. The summed E-state index contributed by atoms with van der Waals surface area (Å²) in [6.45, 7) is 2.19. The van der Waals surface area contributed by atoms with Crippen LogP contribution in [0.5, 0.6) is 5.75 Å². The molecule has 0 amide bonds. The Labute approximate surface area is 101 Å². The van der Waals surface area contributed by atoms with Crippen molar-refractivity contribution < 1.29 is 10.2 Å². The van der Waals surface area contributed by atoms with E-state index in [1.807, 2.05) is 0 Å². The quantitative estimate of drug-likeness (QED) is 0.547. The van der Waals surface area contributed by atoms with Crippen LogP contribution in [-0.2, 0) is 6.61 Å². The molecule has 1 aromatic heterocycles. The molecule has 0 radical (unpaired) electrons. The molecule has 0 unspecified atom stereocenters. The molecule has 0 aliphatic heterocycles. The molecule has 6 N–H and O–H groups in total. The molecule has 0 aromatic carbocycles. The van der Waals surface area contributed by atoms with Crippen LogP contribution in [0.2, 0.25) is 0 Å². The Morgan fingerprint density at radius 1 is 1.41 bits per heavy atom. The number of hydrogen-bond acceptors (Lipinski definition) is 5. The van der Waals surface area contributed by atoms with Gasteiger partial charge in [-0.15, -0.1) is 0 Å². The molecule has 1 atom stereocenters. The molecule has 0 aliphatic rings. The van der Waals surface area contributed by atoms with Gasteiger partial charge in [0.05, 0.1) is 12.3 Å². The van der Waals surface area contributed by atoms with Crippen LogP contribution in [-0.4, -0.2) is 21.7 Å². The van der Waals surface area contributed by atoms with Gasteiger partial charge in [0.1, 0.15) is 5.75 Å². The first kappa shape index (κ1) is 13.9. The number of aromatic hydroxyl groups is 1. The second kappa shape index (κ2) is 6.54. The summed E-state index contributed by atoms with van der Waals surface area (Å²) in [5.74, 6) is 0.0943. The Balaban J connectivity index is 2.90. The highest BCUT2D eigenvalue weighted by molar-refractivity contribution is 5.42. The first-order chi connectivity index (χ1) is 8.11. The number of pyridine rings is 1. The molecule has 17 heavy (non-hydrogen) atoms. The Hall–Kier alpha value is -1.17. The third-order valence-corrected chi connectivity index (χ3v) is 2.87. The minimum absolute atomic E-state index is 0.0943. The Morgan fingerprint density at radius 2 is 2.12 bits per heavy atom. The Morgan fingerprint density at radius 3 is 2.71 bits per heavy atom. The van der Waals surface area contributed by atoms with Gasteiger partial charge < -0.3 is 21.7 Å². The van der Waals surface area contributed by atoms with Gasteiger partial charge in [-0.3, -0.25) is 4.98 Å². The molecule has 0 saturated carbocycles. The van der Waals surface area contributed by atoms with E-state index in [2.05, 4.69) is 4.98 Å². The molecule has 5 nitrogen and oxygen atoms in total. The van der Waals surface area contributed by atoms with E-state index in [0.29, 0.717) is 23.4 Å². The van der Waals surface area contributed by atoms with E-state index < -0.39 is 0 Å². The number of hydrogen-bond donors (Lipinski definition) is 4. The van der Waals surface area contributed by atoms with Crippen LogP contribution in [0.1, 0.15) is 42.1 Å². The molecule has 0 saturated heterocycles. The van der Waals surface area contributed by atoms with E-state index in [4.69, 9.17) is 11.5 Å². The molecule has 1 rings (SSSR count). The van der Waals surface area contributed by atoms with Crippen molar-refractivity contribution in [1.29, 1.82) is 0 Å². The fourth-order valence-corrected chi connectivity index (χ4v) is 1.85. The predicted octanol–water partition coefficient (Wildman–Crippen LogP) is 0.717. The van der Waals surface area contributed by atoms with Crippen molar-refractivity contribution in [2.24, 2.45) is 11.5 Å². The van der Waals surface area contributed by atoms with Gasteiger partial charge in [-0.05, 0) is 26.3 Å². The van der Waals surface area contributed by atoms with Crippen LogP contribution in [0.4, 0.5) is 0 Å². The molecule has 96 valence electrons. The van der Waals surface area contributed by atoms with Gasteiger partial charge in [-0.2, -0.15) is 0 Å². The summed E-state index contributed by atoms with van der Waals surface area (Å²) in [4.78, 5) is 4.00. The standard InChI is InChI=1S/C12H21N3O2/c1-8-12(17)11(9(7-16)6-15-8)10(14)4-2-3-5-13/h6,10,16-17H,2-5,7,13-14H2,1H3/t10-/m0/s1. The molecule has 1 heterocycles. The lowest BCUT2D eigenvalue weighted by molar-refractivity contribution is 0.277. The fourth-order valence-electron chi connectivity index (χ4n) is 1.85. The van der Waals surface area contributed by atoms with Gasteiger partial charge in [0.2, 0.25) is 0 Å². The van der Waals surface area contributed by atoms with Crippen LogP contribution >= 0.6 is 0 Å². The second-order valence-corrected chi connectivity index (χ2v) is 4.18. The molecule has 0 bridgehead atoms. The zero-order chi connectivity index (χ0) is 12.8. The number of nitrogens with two attached hydrogens (primary N) is 2. The van der Waals surface area contributed by atoms with Gasteiger partial charge in [0.25, 0.3) is 0 Å². The first-order valence-electron chi connectivity index (χ1n) is 5.85. The number of aliphatic hydroxyl groups excluding tert-OH is 1. The third kappa shape index (κ3) is 3.39. The number of rotatable bonds is 6. The number of nitrogens with zero attached hydrogens (tertiary/aromatic N) is 1. The van der Waals surface area contributed by atoms with Crippen molar-refractivity contribution in [3.05, 3.63) is 23.0 Å². The summed E-state index contributed by atoms with van der Waals surface area (Å²) in [5, 5.41) is 19.2. The average Bonchev–Trinajstić information content (AvgIpc) is 2.32. The smallest absolute Gasteiger partial charge is 0.141 e. The van der Waals surface area contributed by atoms with E-state index in [-0.39, 0.29) is 18.4 Å². The molecule has 0 fully saturated rings. The summed E-state index contributed by atoms with van der Waals surface area (Å²) >= 11 is 0. The highest BCUT2D eigenvalue weighted by Gasteiger charge is 2.17. The van der Waals surface area contributed by atoms with Crippen molar-refractivity contribution in [2.75, 3.05) is 6.54 Å². The van der Waals surface area contributed by atoms with Gasteiger partial charge in [0, 0.05) is 23.4 Å². The van der Waals surface area contributed by atoms with Crippen molar-refractivity contribution in [2.45, 2.75) is 38.8 Å². The Kier molecular flexibility index (Phi) is 5.34. The van der Waals surface area contributed by atoms with Crippen molar-refractivity contribution in [1.82, 2.24) is 4.98 Å². The summed E-state index contributed by atoms with van der Waals surface area (Å²) in [5.41, 5.74) is 13.2. The highest BCUT2D eigenvalue weighted by Crippen LogP contribution is 2.31. The molecular weight excluding hydrogens is 218 g/mol. The lowest BCUT2D eigenvalue weighted by Gasteiger charge is -2.17. The van der Waals surface area contributed by atoms with Crippen LogP contribution in [0, 0.1) is 6.92 Å². The maximum atomic E-state index is 9.96. The van der Waals surface area contributed by atoms with Gasteiger partial charge in [-0.1, -0.05) is 6.42 Å². The summed E-state index contributed by atoms with van der Waals surface area (Å²) in [6.07, 6.45) is 4.12. The monoisotopic (exact) mass is 239 g/mol. The lowest BCUT2D eigenvalue weighted by Crippen LogP contribution is -2.14. The van der Waals surface area contributed by atoms with E-state index in [9.17, 15) is 10.2 Å². The zero-order valence-electron chi connectivity index (χ0n) is 10.2. The minimum atomic E-state index is -0.287. The molecular formula is C12H21N3O2. The van der Waals surface area contributed by atoms with Gasteiger partial charge in [0.15, 0.2) is 0 Å². The van der Waals surface area contributed by atoms with Crippen molar-refractivity contribution in [3.8, 4) is 5.75 Å². The maximum absolute atomic E-state index is 9.96. The van der Waals surface area contributed by atoms with E-state index in [0.717, 1.165) is 19.3 Å². The third-order valence-electron chi connectivity index (χ3n) is 2.87. The SMILES string of the molecule is Cc1ncc(CO)c([C@@H](N)CCCCN)c1O. The average molecular weight is 239 g/mol. The number of aryl methyl sites for hydroxylation is 1. The summed E-state index contributed by atoms with van der Waals surface area (Å²) in [6, 6.07) is -0.287. The van der Waals surface area contributed by atoms with E-state index >= 15 is 0 Å². The number of unbranched alkanes of at least 4 members (excludes halogenated alkanes) is 1. The molecule has 0 spiro atoms. The Bertz CT molecular complexity index is 369. The molecule has 1 aromatic rings. The van der Waals surface area contributed by atoms with Gasteiger partial charge >= 0.3 is 0 Å².